The van der Waals surface area contributed by atoms with Crippen LogP contribution in [0.25, 0.3) is 0 Å². The molecule has 0 amide bonds. The second-order valence-electron chi connectivity index (χ2n) is 3.99. The normalized spacial score (nSPS) is 11.2. The number of non-ortho nitro benzene ring substituents is 1. The van der Waals surface area contributed by atoms with Gasteiger partial charge in [0.2, 0.25) is 0 Å². The number of nitrogens with one attached hydrogen (secondary N) is 2. The number of aryl methyl sites for hydroxylation is 1. The Bertz CT molecular complexity index is 721. The number of aromatic nitrogens is 2. The first-order valence-electron chi connectivity index (χ1n) is 5.74. The highest BCUT2D eigenvalue weighted by Crippen LogP contribution is 2.18. The van der Waals surface area contributed by atoms with Crippen LogP contribution in [0.4, 0.5) is 11.5 Å². The first-order valence-corrected chi connectivity index (χ1v) is 7.22. The summed E-state index contributed by atoms with van der Waals surface area (Å²) in [6.07, 6.45) is 0.701. The summed E-state index contributed by atoms with van der Waals surface area (Å²) in [7, 11) is -3.81. The minimum atomic E-state index is -3.81. The number of hydrogen-bond donors (Lipinski definition) is 2. The molecule has 9 heteroatoms. The van der Waals surface area contributed by atoms with Crippen LogP contribution in [0, 0.1) is 10.1 Å². The number of anilines is 1. The Morgan fingerprint density at radius 3 is 2.50 bits per heavy atom. The van der Waals surface area contributed by atoms with Crippen LogP contribution in [0.2, 0.25) is 0 Å². The number of H-pyrrole nitrogens is 1. The summed E-state index contributed by atoms with van der Waals surface area (Å²) >= 11 is 0. The number of nitro groups is 1. The molecule has 0 saturated heterocycles. The largest absolute Gasteiger partial charge is 0.280 e. The van der Waals surface area contributed by atoms with Crippen LogP contribution in [0.5, 0.6) is 0 Å². The first-order chi connectivity index (χ1) is 9.42. The highest BCUT2D eigenvalue weighted by Gasteiger charge is 2.17. The van der Waals surface area contributed by atoms with E-state index in [0.717, 1.165) is 17.8 Å². The zero-order valence-corrected chi connectivity index (χ0v) is 11.3. The van der Waals surface area contributed by atoms with Gasteiger partial charge in [0.25, 0.3) is 15.7 Å². The van der Waals surface area contributed by atoms with Crippen LogP contribution in [0.15, 0.2) is 35.2 Å². The van der Waals surface area contributed by atoms with Crippen molar-refractivity contribution in [1.29, 1.82) is 0 Å². The number of nitro benzene ring substituents is 1. The van der Waals surface area contributed by atoms with Crippen molar-refractivity contribution in [3.05, 3.63) is 46.1 Å². The molecule has 0 aliphatic heterocycles. The standard InChI is InChI=1S/C11H12N4O4S/c1-2-8-7-11(13-12-8)14-20(18,19)10-5-3-9(4-6-10)15(16)17/h3-7H,2H2,1H3,(H2,12,13,14). The molecule has 2 rings (SSSR count). The molecule has 2 aromatic rings. The lowest BCUT2D eigenvalue weighted by Crippen LogP contribution is -2.13. The predicted molar refractivity (Wildman–Crippen MR) is 71.9 cm³/mol. The van der Waals surface area contributed by atoms with Crippen LogP contribution in [-0.2, 0) is 16.4 Å². The molecule has 0 saturated carbocycles. The molecular weight excluding hydrogens is 284 g/mol. The first kappa shape index (κ1) is 14.0. The molecule has 0 unspecified atom stereocenters. The second kappa shape index (κ2) is 5.29. The fraction of sp³-hybridized carbons (Fsp3) is 0.182. The fourth-order valence-corrected chi connectivity index (χ4v) is 2.53. The Hall–Kier alpha value is -2.42. The van der Waals surface area contributed by atoms with E-state index in [9.17, 15) is 18.5 Å². The molecule has 0 aliphatic rings. The van der Waals surface area contributed by atoms with Crippen molar-refractivity contribution in [1.82, 2.24) is 10.2 Å². The Morgan fingerprint density at radius 2 is 2.00 bits per heavy atom. The van der Waals surface area contributed by atoms with E-state index in [1.165, 1.54) is 12.1 Å². The van der Waals surface area contributed by atoms with Gasteiger partial charge in [-0.05, 0) is 18.6 Å². The highest BCUT2D eigenvalue weighted by molar-refractivity contribution is 7.92. The monoisotopic (exact) mass is 296 g/mol. The molecule has 0 aliphatic carbocycles. The van der Waals surface area contributed by atoms with Gasteiger partial charge in [-0.2, -0.15) is 5.10 Å². The van der Waals surface area contributed by atoms with Crippen molar-refractivity contribution in [3.8, 4) is 0 Å². The third-order valence-corrected chi connectivity index (χ3v) is 3.98. The highest BCUT2D eigenvalue weighted by atomic mass is 32.2. The minimum Gasteiger partial charge on any atom is -0.280 e. The second-order valence-corrected chi connectivity index (χ2v) is 5.67. The van der Waals surface area contributed by atoms with Crippen LogP contribution >= 0.6 is 0 Å². The topological polar surface area (TPSA) is 118 Å². The third-order valence-electron chi connectivity index (χ3n) is 2.61. The van der Waals surface area contributed by atoms with Crippen LogP contribution in [-0.4, -0.2) is 23.5 Å². The van der Waals surface area contributed by atoms with E-state index >= 15 is 0 Å². The number of rotatable bonds is 5. The molecule has 1 aromatic carbocycles. The van der Waals surface area contributed by atoms with Gasteiger partial charge in [-0.25, -0.2) is 8.42 Å². The SMILES string of the molecule is CCc1cc(NS(=O)(=O)c2ccc([N+](=O)[O-])cc2)n[nH]1. The molecule has 0 fully saturated rings. The molecule has 0 radical (unpaired) electrons. The maximum Gasteiger partial charge on any atom is 0.269 e. The van der Waals surface area contributed by atoms with Gasteiger partial charge in [0.15, 0.2) is 5.82 Å². The van der Waals surface area contributed by atoms with Crippen molar-refractivity contribution >= 4 is 21.5 Å². The van der Waals surface area contributed by atoms with Gasteiger partial charge in [-0.1, -0.05) is 6.92 Å². The number of benzene rings is 1. The minimum absolute atomic E-state index is 0.0656. The third kappa shape index (κ3) is 2.94. The van der Waals surface area contributed by atoms with Gasteiger partial charge < -0.3 is 0 Å². The lowest BCUT2D eigenvalue weighted by molar-refractivity contribution is -0.384. The summed E-state index contributed by atoms with van der Waals surface area (Å²) in [5.41, 5.74) is 0.628. The van der Waals surface area contributed by atoms with E-state index in [-0.39, 0.29) is 16.4 Å². The van der Waals surface area contributed by atoms with Gasteiger partial charge in [-0.15, -0.1) is 0 Å². The Kier molecular flexibility index (Phi) is 3.70. The zero-order valence-electron chi connectivity index (χ0n) is 10.5. The lowest BCUT2D eigenvalue weighted by Gasteiger charge is -2.04. The van der Waals surface area contributed by atoms with Crippen molar-refractivity contribution < 1.29 is 13.3 Å². The summed E-state index contributed by atoms with van der Waals surface area (Å²) in [5, 5.41) is 17.0. The van der Waals surface area contributed by atoms with Crippen molar-refractivity contribution in [2.45, 2.75) is 18.2 Å². The molecule has 0 spiro atoms. The quantitative estimate of drug-likeness (QED) is 0.642. The molecule has 8 nitrogen and oxygen atoms in total. The van der Waals surface area contributed by atoms with Gasteiger partial charge in [0.05, 0.1) is 9.82 Å². The average molecular weight is 296 g/mol. The van der Waals surface area contributed by atoms with Gasteiger partial charge in [-0.3, -0.25) is 19.9 Å². The van der Waals surface area contributed by atoms with Gasteiger partial charge >= 0.3 is 0 Å². The van der Waals surface area contributed by atoms with Gasteiger partial charge in [0, 0.05) is 23.9 Å². The molecule has 0 atom stereocenters. The maximum atomic E-state index is 12.0. The number of hydrogen-bond acceptors (Lipinski definition) is 5. The summed E-state index contributed by atoms with van der Waals surface area (Å²) in [6.45, 7) is 1.90. The maximum absolute atomic E-state index is 12.0. The van der Waals surface area contributed by atoms with Crippen LogP contribution in [0.1, 0.15) is 12.6 Å². The van der Waals surface area contributed by atoms with Crippen LogP contribution in [0.3, 0.4) is 0 Å². The lowest BCUT2D eigenvalue weighted by atomic mass is 10.3. The van der Waals surface area contributed by atoms with E-state index in [0.29, 0.717) is 6.42 Å². The fourth-order valence-electron chi connectivity index (χ4n) is 1.54. The van der Waals surface area contributed by atoms with Crippen molar-refractivity contribution in [2.75, 3.05) is 4.72 Å². The van der Waals surface area contributed by atoms with E-state index in [1.807, 2.05) is 6.92 Å². The van der Waals surface area contributed by atoms with Gasteiger partial charge in [0.1, 0.15) is 0 Å². The average Bonchev–Trinajstić information content (AvgIpc) is 2.85. The van der Waals surface area contributed by atoms with E-state index in [2.05, 4.69) is 14.9 Å². The van der Waals surface area contributed by atoms with E-state index in [1.54, 1.807) is 6.07 Å². The Balaban J connectivity index is 2.23. The molecule has 20 heavy (non-hydrogen) atoms. The molecular formula is C11H12N4O4S. The van der Waals surface area contributed by atoms with E-state index < -0.39 is 14.9 Å². The number of aromatic amines is 1. The van der Waals surface area contributed by atoms with Crippen molar-refractivity contribution in [2.24, 2.45) is 0 Å². The van der Waals surface area contributed by atoms with E-state index in [4.69, 9.17) is 0 Å². The van der Waals surface area contributed by atoms with Crippen LogP contribution < -0.4 is 4.72 Å². The smallest absolute Gasteiger partial charge is 0.269 e. The zero-order chi connectivity index (χ0) is 14.8. The van der Waals surface area contributed by atoms with Crippen molar-refractivity contribution in [3.63, 3.8) is 0 Å². The summed E-state index contributed by atoms with van der Waals surface area (Å²) in [5.74, 6) is 0.181. The predicted octanol–water partition coefficient (Wildman–Crippen LogP) is 1.68. The summed E-state index contributed by atoms with van der Waals surface area (Å²) in [6, 6.07) is 6.21. The number of sulfonamides is 1. The molecule has 1 aromatic heterocycles. The molecule has 1 heterocycles. The molecule has 106 valence electrons. The Labute approximate surface area is 115 Å². The molecule has 2 N–H and O–H groups in total. The number of nitrogens with zero attached hydrogens (tertiary/aromatic N) is 2. The molecule has 0 bridgehead atoms. The summed E-state index contributed by atoms with van der Waals surface area (Å²) < 4.78 is 26.4. The summed E-state index contributed by atoms with van der Waals surface area (Å²) in [4.78, 5) is 9.86. The Morgan fingerprint density at radius 1 is 1.35 bits per heavy atom.